The summed E-state index contributed by atoms with van der Waals surface area (Å²) in [4.78, 5) is -0.530. The predicted molar refractivity (Wildman–Crippen MR) is 124 cm³/mol. The van der Waals surface area contributed by atoms with Gasteiger partial charge in [-0.1, -0.05) is 43.9 Å². The van der Waals surface area contributed by atoms with Crippen LogP contribution in [-0.4, -0.2) is 41.2 Å². The van der Waals surface area contributed by atoms with Gasteiger partial charge in [0.1, 0.15) is 12.0 Å². The van der Waals surface area contributed by atoms with Gasteiger partial charge in [0.05, 0.1) is 10.6 Å². The predicted octanol–water partition coefficient (Wildman–Crippen LogP) is 3.84. The van der Waals surface area contributed by atoms with Crippen molar-refractivity contribution in [1.29, 1.82) is 0 Å². The third-order valence-corrected chi connectivity index (χ3v) is 7.53. The second-order valence-electron chi connectivity index (χ2n) is 8.74. The number of hydrogen-bond donors (Lipinski definition) is 2. The Morgan fingerprint density at radius 1 is 1.15 bits per heavy atom. The summed E-state index contributed by atoms with van der Waals surface area (Å²) in [5.74, 6) is -1.41. The highest BCUT2D eigenvalue weighted by molar-refractivity contribution is 7.92. The summed E-state index contributed by atoms with van der Waals surface area (Å²) in [7, 11) is -4.23. The molecule has 2 N–H and O–H groups in total. The monoisotopic (exact) mass is 490 g/mol. The lowest BCUT2D eigenvalue weighted by molar-refractivity contribution is 0.407. The first-order chi connectivity index (χ1) is 16.3. The maximum atomic E-state index is 14.6. The van der Waals surface area contributed by atoms with Crippen molar-refractivity contribution in [2.24, 2.45) is 5.92 Å². The van der Waals surface area contributed by atoms with Crippen molar-refractivity contribution in [2.75, 3.05) is 11.3 Å². The Labute approximate surface area is 197 Å². The molecular formula is C23H28F2N6O2S. The highest BCUT2D eigenvalue weighted by Crippen LogP contribution is 2.28. The SMILES string of the molecule is C[C@@H](CC1CCCC1)NCCc1ccccc1NS(=O)(=O)c1cc(F)c(-n2cnnn2)c(F)c1. The van der Waals surface area contributed by atoms with E-state index in [1.54, 1.807) is 12.1 Å². The van der Waals surface area contributed by atoms with Crippen molar-refractivity contribution in [3.8, 4) is 5.69 Å². The minimum absolute atomic E-state index is 0.373. The average Bonchev–Trinajstić information content (AvgIpc) is 3.49. The van der Waals surface area contributed by atoms with Gasteiger partial charge < -0.3 is 5.32 Å². The largest absolute Gasteiger partial charge is 0.314 e. The fourth-order valence-electron chi connectivity index (χ4n) is 4.50. The van der Waals surface area contributed by atoms with Crippen molar-refractivity contribution in [3.05, 3.63) is 59.9 Å². The van der Waals surface area contributed by atoms with Crippen LogP contribution in [0.1, 0.15) is 44.6 Å². The standard InChI is InChI=1S/C23H28F2N6O2S/c1-16(12-17-6-2-3-7-17)26-11-10-18-8-4-5-9-22(18)28-34(32,33)19-13-20(24)23(21(25)14-19)31-15-27-29-30-31/h4-5,8-9,13-17,26,28H,2-3,6-7,10-12H2,1H3/t16-/m0/s1. The first-order valence-electron chi connectivity index (χ1n) is 11.4. The Morgan fingerprint density at radius 2 is 1.85 bits per heavy atom. The molecule has 1 saturated carbocycles. The van der Waals surface area contributed by atoms with Gasteiger partial charge in [0.15, 0.2) is 11.6 Å². The van der Waals surface area contributed by atoms with Crippen molar-refractivity contribution in [3.63, 3.8) is 0 Å². The molecule has 0 saturated heterocycles. The Balaban J connectivity index is 1.44. The lowest BCUT2D eigenvalue weighted by atomic mass is 9.99. The molecule has 0 amide bonds. The third kappa shape index (κ3) is 5.76. The second kappa shape index (κ2) is 10.6. The first kappa shape index (κ1) is 24.2. The Bertz CT molecular complexity index is 1190. The van der Waals surface area contributed by atoms with E-state index in [9.17, 15) is 17.2 Å². The van der Waals surface area contributed by atoms with E-state index in [0.717, 1.165) is 41.0 Å². The number of halogens is 2. The maximum absolute atomic E-state index is 14.6. The molecule has 11 heteroatoms. The van der Waals surface area contributed by atoms with Crippen molar-refractivity contribution < 1.29 is 17.2 Å². The number of tetrazole rings is 1. The molecule has 0 radical (unpaired) electrons. The number of hydrogen-bond acceptors (Lipinski definition) is 6. The molecule has 1 heterocycles. The summed E-state index contributed by atoms with van der Waals surface area (Å²) in [6, 6.07) is 8.89. The highest BCUT2D eigenvalue weighted by atomic mass is 32.2. The first-order valence-corrected chi connectivity index (χ1v) is 12.9. The zero-order chi connectivity index (χ0) is 24.1. The molecule has 1 aliphatic carbocycles. The number of benzene rings is 2. The zero-order valence-corrected chi connectivity index (χ0v) is 19.7. The molecule has 182 valence electrons. The molecule has 34 heavy (non-hydrogen) atoms. The Morgan fingerprint density at radius 3 is 2.53 bits per heavy atom. The van der Waals surface area contributed by atoms with Gasteiger partial charge in [0, 0.05) is 6.04 Å². The van der Waals surface area contributed by atoms with E-state index in [4.69, 9.17) is 0 Å². The summed E-state index contributed by atoms with van der Waals surface area (Å²) in [6.45, 7) is 2.87. The van der Waals surface area contributed by atoms with E-state index >= 15 is 0 Å². The number of para-hydroxylation sites is 1. The van der Waals surface area contributed by atoms with E-state index in [1.807, 2.05) is 12.1 Å². The molecule has 4 rings (SSSR count). The van der Waals surface area contributed by atoms with Crippen LogP contribution < -0.4 is 10.0 Å². The molecule has 8 nitrogen and oxygen atoms in total. The van der Waals surface area contributed by atoms with Crippen LogP contribution in [0.15, 0.2) is 47.6 Å². The van der Waals surface area contributed by atoms with Gasteiger partial charge >= 0.3 is 0 Å². The molecule has 1 atom stereocenters. The van der Waals surface area contributed by atoms with E-state index in [2.05, 4.69) is 32.5 Å². The zero-order valence-electron chi connectivity index (χ0n) is 18.9. The summed E-state index contributed by atoms with van der Waals surface area (Å²) in [5, 5.41) is 13.7. The molecule has 0 bridgehead atoms. The second-order valence-corrected chi connectivity index (χ2v) is 10.4. The van der Waals surface area contributed by atoms with Crippen LogP contribution in [0.25, 0.3) is 5.69 Å². The quantitative estimate of drug-likeness (QED) is 0.448. The number of sulfonamides is 1. The van der Waals surface area contributed by atoms with Gasteiger partial charge in [-0.15, -0.1) is 5.10 Å². The van der Waals surface area contributed by atoms with Crippen LogP contribution in [-0.2, 0) is 16.4 Å². The molecule has 0 unspecified atom stereocenters. The maximum Gasteiger partial charge on any atom is 0.262 e. The van der Waals surface area contributed by atoms with E-state index in [0.29, 0.717) is 24.7 Å². The van der Waals surface area contributed by atoms with Crippen LogP contribution >= 0.6 is 0 Å². The lowest BCUT2D eigenvalue weighted by Gasteiger charge is -2.18. The smallest absolute Gasteiger partial charge is 0.262 e. The summed E-state index contributed by atoms with van der Waals surface area (Å²) >= 11 is 0. The molecule has 1 aromatic heterocycles. The van der Waals surface area contributed by atoms with Crippen LogP contribution in [0, 0.1) is 17.6 Å². The van der Waals surface area contributed by atoms with Crippen LogP contribution in [0.2, 0.25) is 0 Å². The number of nitrogens with one attached hydrogen (secondary N) is 2. The average molecular weight is 491 g/mol. The number of anilines is 1. The van der Waals surface area contributed by atoms with Gasteiger partial charge in [0.25, 0.3) is 10.0 Å². The number of nitrogens with zero attached hydrogens (tertiary/aromatic N) is 4. The van der Waals surface area contributed by atoms with Crippen LogP contribution in [0.3, 0.4) is 0 Å². The molecule has 1 aliphatic rings. The van der Waals surface area contributed by atoms with Gasteiger partial charge in [-0.3, -0.25) is 4.72 Å². The van der Waals surface area contributed by atoms with Gasteiger partial charge in [-0.05, 0) is 66.4 Å². The fourth-order valence-corrected chi connectivity index (χ4v) is 5.63. The number of rotatable bonds is 10. The topological polar surface area (TPSA) is 102 Å². The van der Waals surface area contributed by atoms with Crippen molar-refractivity contribution >= 4 is 15.7 Å². The molecule has 0 aliphatic heterocycles. The van der Waals surface area contributed by atoms with E-state index in [1.165, 1.54) is 25.7 Å². The minimum atomic E-state index is -4.23. The number of aromatic nitrogens is 4. The molecule has 1 fully saturated rings. The third-order valence-electron chi connectivity index (χ3n) is 6.19. The Kier molecular flexibility index (Phi) is 7.52. The summed E-state index contributed by atoms with van der Waals surface area (Å²) in [6.07, 6.45) is 8.01. The van der Waals surface area contributed by atoms with Gasteiger partial charge in [0.2, 0.25) is 0 Å². The summed E-state index contributed by atoms with van der Waals surface area (Å²) in [5.41, 5.74) is 0.609. The molecular weight excluding hydrogens is 462 g/mol. The lowest BCUT2D eigenvalue weighted by Crippen LogP contribution is -2.30. The van der Waals surface area contributed by atoms with Crippen LogP contribution in [0.5, 0.6) is 0 Å². The van der Waals surface area contributed by atoms with E-state index < -0.39 is 32.2 Å². The van der Waals surface area contributed by atoms with Crippen molar-refractivity contribution in [1.82, 2.24) is 25.5 Å². The van der Waals surface area contributed by atoms with Crippen molar-refractivity contribution in [2.45, 2.75) is 56.4 Å². The molecule has 0 spiro atoms. The molecule has 3 aromatic rings. The highest BCUT2D eigenvalue weighted by Gasteiger charge is 2.23. The van der Waals surface area contributed by atoms with Gasteiger partial charge in [-0.2, -0.15) is 4.68 Å². The van der Waals surface area contributed by atoms with Gasteiger partial charge in [-0.25, -0.2) is 17.2 Å². The minimum Gasteiger partial charge on any atom is -0.314 e. The van der Waals surface area contributed by atoms with Crippen LogP contribution in [0.4, 0.5) is 14.5 Å². The normalized spacial score (nSPS) is 15.5. The molecule has 2 aromatic carbocycles. The van der Waals surface area contributed by atoms with E-state index in [-0.39, 0.29) is 0 Å². The summed E-state index contributed by atoms with van der Waals surface area (Å²) < 4.78 is 58.2. The fraction of sp³-hybridized carbons (Fsp3) is 0.435. The Hall–Kier alpha value is -2.92.